The average molecular weight is 251 g/mol. The molecule has 2 heteroatoms. The van der Waals surface area contributed by atoms with Crippen molar-refractivity contribution in [2.24, 2.45) is 11.8 Å². The second kappa shape index (κ2) is 5.27. The van der Waals surface area contributed by atoms with Gasteiger partial charge in [0.05, 0.1) is 0 Å². The number of benzene rings is 2. The topological polar surface area (TPSA) is 29.1 Å². The molecule has 1 aliphatic rings. The van der Waals surface area contributed by atoms with Crippen LogP contribution in [0.3, 0.4) is 0 Å². The average Bonchev–Trinajstić information content (AvgIpc) is 3.20. The number of hydrogen-bond acceptors (Lipinski definition) is 1. The largest absolute Gasteiger partial charge is 0.326 e. The minimum Gasteiger partial charge on any atom is -0.326 e. The van der Waals surface area contributed by atoms with Crippen LogP contribution in [0.5, 0.6) is 0 Å². The van der Waals surface area contributed by atoms with E-state index in [0.29, 0.717) is 5.92 Å². The van der Waals surface area contributed by atoms with Crippen molar-refractivity contribution in [3.8, 4) is 0 Å². The van der Waals surface area contributed by atoms with Gasteiger partial charge in [0.15, 0.2) is 0 Å². The van der Waals surface area contributed by atoms with Crippen LogP contribution >= 0.6 is 0 Å². The summed E-state index contributed by atoms with van der Waals surface area (Å²) in [5.74, 6) is 0.846. The van der Waals surface area contributed by atoms with Crippen molar-refractivity contribution in [1.29, 1.82) is 0 Å². The number of anilines is 1. The highest BCUT2D eigenvalue weighted by molar-refractivity contribution is 5.94. The molecule has 0 heterocycles. The molecule has 0 bridgehead atoms. The second-order valence-electron chi connectivity index (χ2n) is 5.15. The summed E-state index contributed by atoms with van der Waals surface area (Å²) < 4.78 is 0. The molecule has 96 valence electrons. The Labute approximate surface area is 113 Å². The third kappa shape index (κ3) is 3.02. The fraction of sp³-hybridized carbons (Fsp3) is 0.235. The van der Waals surface area contributed by atoms with Gasteiger partial charge in [0.25, 0.3) is 0 Å². The van der Waals surface area contributed by atoms with Crippen molar-refractivity contribution >= 4 is 11.6 Å². The third-order valence-corrected chi connectivity index (χ3v) is 3.64. The first-order valence-electron chi connectivity index (χ1n) is 6.73. The Bertz CT molecular complexity index is 550. The molecule has 1 fully saturated rings. The minimum absolute atomic E-state index is 0.159. The summed E-state index contributed by atoms with van der Waals surface area (Å²) in [6, 6.07) is 20.1. The van der Waals surface area contributed by atoms with Gasteiger partial charge in [-0.2, -0.15) is 0 Å². The zero-order chi connectivity index (χ0) is 13.1. The number of hydrogen-bond donors (Lipinski definition) is 1. The standard InChI is InChI=1S/C17H17NO/c19-17(18-15-9-5-2-6-10-15)16-12-14(16)11-13-7-3-1-4-8-13/h1-10,14,16H,11-12H2,(H,18,19). The first kappa shape index (κ1) is 12.0. The molecule has 2 aromatic carbocycles. The van der Waals surface area contributed by atoms with Crippen LogP contribution in [0, 0.1) is 11.8 Å². The van der Waals surface area contributed by atoms with E-state index in [0.717, 1.165) is 18.5 Å². The first-order valence-corrected chi connectivity index (χ1v) is 6.73. The maximum absolute atomic E-state index is 12.1. The van der Waals surface area contributed by atoms with Gasteiger partial charge in [0.2, 0.25) is 5.91 Å². The predicted octanol–water partition coefficient (Wildman–Crippen LogP) is 3.50. The first-order chi connectivity index (χ1) is 9.33. The fourth-order valence-corrected chi connectivity index (χ4v) is 2.47. The van der Waals surface area contributed by atoms with Crippen LogP contribution in [0.1, 0.15) is 12.0 Å². The number of carbonyl (C=O) groups is 1. The highest BCUT2D eigenvalue weighted by atomic mass is 16.2. The lowest BCUT2D eigenvalue weighted by molar-refractivity contribution is -0.117. The normalized spacial score (nSPS) is 20.8. The molecular formula is C17H17NO. The van der Waals surface area contributed by atoms with Crippen molar-refractivity contribution in [3.05, 3.63) is 66.2 Å². The predicted molar refractivity (Wildman–Crippen MR) is 76.8 cm³/mol. The molecule has 3 rings (SSSR count). The lowest BCUT2D eigenvalue weighted by atomic mass is 10.1. The molecular weight excluding hydrogens is 234 g/mol. The Hall–Kier alpha value is -2.09. The van der Waals surface area contributed by atoms with Crippen LogP contribution in [0.25, 0.3) is 0 Å². The van der Waals surface area contributed by atoms with E-state index >= 15 is 0 Å². The fourth-order valence-electron chi connectivity index (χ4n) is 2.47. The summed E-state index contributed by atoms with van der Waals surface area (Å²) >= 11 is 0. The molecule has 1 saturated carbocycles. The lowest BCUT2D eigenvalue weighted by Crippen LogP contribution is -2.15. The van der Waals surface area contributed by atoms with Crippen LogP contribution in [0.4, 0.5) is 5.69 Å². The van der Waals surface area contributed by atoms with Crippen molar-refractivity contribution in [1.82, 2.24) is 0 Å². The van der Waals surface area contributed by atoms with Crippen molar-refractivity contribution in [2.45, 2.75) is 12.8 Å². The molecule has 0 spiro atoms. The molecule has 0 saturated heterocycles. The van der Waals surface area contributed by atoms with Gasteiger partial charge in [-0.3, -0.25) is 4.79 Å². The van der Waals surface area contributed by atoms with Gasteiger partial charge in [-0.05, 0) is 36.5 Å². The maximum Gasteiger partial charge on any atom is 0.227 e. The SMILES string of the molecule is O=C(Nc1ccccc1)C1CC1Cc1ccccc1. The maximum atomic E-state index is 12.1. The van der Waals surface area contributed by atoms with Crippen molar-refractivity contribution < 1.29 is 4.79 Å². The molecule has 19 heavy (non-hydrogen) atoms. The van der Waals surface area contributed by atoms with Gasteiger partial charge in [-0.15, -0.1) is 0 Å². The number of rotatable bonds is 4. The summed E-state index contributed by atoms with van der Waals surface area (Å²) in [5.41, 5.74) is 2.21. The van der Waals surface area contributed by atoms with Crippen LogP contribution in [0.2, 0.25) is 0 Å². The van der Waals surface area contributed by atoms with Crippen LogP contribution in [0.15, 0.2) is 60.7 Å². The molecule has 0 radical (unpaired) electrons. The van der Waals surface area contributed by atoms with Crippen molar-refractivity contribution in [2.75, 3.05) is 5.32 Å². The van der Waals surface area contributed by atoms with Gasteiger partial charge < -0.3 is 5.32 Å². The second-order valence-corrected chi connectivity index (χ2v) is 5.15. The Morgan fingerprint density at radius 1 is 1.00 bits per heavy atom. The highest BCUT2D eigenvalue weighted by Crippen LogP contribution is 2.41. The van der Waals surface area contributed by atoms with E-state index < -0.39 is 0 Å². The van der Waals surface area contributed by atoms with E-state index in [2.05, 4.69) is 29.6 Å². The van der Waals surface area contributed by atoms with Gasteiger partial charge in [-0.1, -0.05) is 48.5 Å². The van der Waals surface area contributed by atoms with E-state index in [-0.39, 0.29) is 11.8 Å². The Morgan fingerprint density at radius 2 is 1.63 bits per heavy atom. The van der Waals surface area contributed by atoms with Gasteiger partial charge in [0, 0.05) is 11.6 Å². The Kier molecular flexibility index (Phi) is 3.32. The monoisotopic (exact) mass is 251 g/mol. The van der Waals surface area contributed by atoms with Gasteiger partial charge >= 0.3 is 0 Å². The van der Waals surface area contributed by atoms with E-state index in [1.807, 2.05) is 36.4 Å². The van der Waals surface area contributed by atoms with E-state index in [1.54, 1.807) is 0 Å². The highest BCUT2D eigenvalue weighted by Gasteiger charge is 2.42. The minimum atomic E-state index is 0.159. The quantitative estimate of drug-likeness (QED) is 0.885. The molecule has 2 unspecified atom stereocenters. The van der Waals surface area contributed by atoms with E-state index in [1.165, 1.54) is 5.56 Å². The van der Waals surface area contributed by atoms with Crippen LogP contribution in [-0.4, -0.2) is 5.91 Å². The number of carbonyl (C=O) groups excluding carboxylic acids is 1. The van der Waals surface area contributed by atoms with Gasteiger partial charge in [-0.25, -0.2) is 0 Å². The number of nitrogens with one attached hydrogen (secondary N) is 1. The molecule has 1 amide bonds. The number of para-hydroxylation sites is 1. The van der Waals surface area contributed by atoms with Gasteiger partial charge in [0.1, 0.15) is 0 Å². The zero-order valence-corrected chi connectivity index (χ0v) is 10.8. The summed E-state index contributed by atoms with van der Waals surface area (Å²) in [7, 11) is 0. The Morgan fingerprint density at radius 3 is 2.32 bits per heavy atom. The Balaban J connectivity index is 1.54. The summed E-state index contributed by atoms with van der Waals surface area (Å²) in [5, 5.41) is 2.98. The molecule has 1 N–H and O–H groups in total. The smallest absolute Gasteiger partial charge is 0.227 e. The summed E-state index contributed by atoms with van der Waals surface area (Å²) in [6.07, 6.45) is 2.02. The lowest BCUT2D eigenvalue weighted by Gasteiger charge is -2.04. The molecule has 2 atom stereocenters. The van der Waals surface area contributed by atoms with Crippen LogP contribution < -0.4 is 5.32 Å². The number of amides is 1. The summed E-state index contributed by atoms with van der Waals surface area (Å²) in [4.78, 5) is 12.1. The molecule has 1 aliphatic carbocycles. The molecule has 0 aliphatic heterocycles. The molecule has 0 aromatic heterocycles. The molecule has 2 nitrogen and oxygen atoms in total. The van der Waals surface area contributed by atoms with Crippen LogP contribution in [-0.2, 0) is 11.2 Å². The third-order valence-electron chi connectivity index (χ3n) is 3.64. The van der Waals surface area contributed by atoms with Crippen molar-refractivity contribution in [3.63, 3.8) is 0 Å². The summed E-state index contributed by atoms with van der Waals surface area (Å²) in [6.45, 7) is 0. The van der Waals surface area contributed by atoms with E-state index in [9.17, 15) is 4.79 Å². The molecule has 2 aromatic rings. The van der Waals surface area contributed by atoms with E-state index in [4.69, 9.17) is 0 Å². The zero-order valence-electron chi connectivity index (χ0n) is 10.8.